The third-order valence-electron chi connectivity index (χ3n) is 9.77. The van der Waals surface area contributed by atoms with Crippen LogP contribution in [0.25, 0.3) is 0 Å². The number of esters is 1. The van der Waals surface area contributed by atoms with Crippen LogP contribution in [0, 0.1) is 5.92 Å². The number of aliphatic hydroxyl groups excluding tert-OH is 1. The van der Waals surface area contributed by atoms with Gasteiger partial charge in [0.15, 0.2) is 17.5 Å². The highest BCUT2D eigenvalue weighted by Crippen LogP contribution is 2.37. The number of aryl methyl sites for hydroxylation is 2. The minimum absolute atomic E-state index is 0.0360. The molecular weight excluding hydrogens is 620 g/mol. The zero-order valence-electron chi connectivity index (χ0n) is 29.4. The Labute approximate surface area is 292 Å². The number of aliphatic hydroxyl groups is 1. The molecule has 0 radical (unpaired) electrons. The largest absolute Gasteiger partial charge is 0.504 e. The molecule has 0 spiro atoms. The Morgan fingerprint density at radius 2 is 1.73 bits per heavy atom. The van der Waals surface area contributed by atoms with Crippen molar-refractivity contribution in [3.8, 4) is 11.5 Å². The quantitative estimate of drug-likeness (QED) is 0.0548. The first-order valence-corrected chi connectivity index (χ1v) is 18.4. The van der Waals surface area contributed by atoms with Gasteiger partial charge < -0.3 is 36.1 Å². The fraction of sp³-hybridized carbons (Fsp3) is 0.615. The number of hydrogen-bond acceptors (Lipinski definition) is 7. The van der Waals surface area contributed by atoms with Crippen molar-refractivity contribution in [3.05, 3.63) is 59.2 Å². The van der Waals surface area contributed by atoms with Gasteiger partial charge >= 0.3 is 5.97 Å². The van der Waals surface area contributed by atoms with E-state index in [0.29, 0.717) is 62.9 Å². The van der Waals surface area contributed by atoms with Gasteiger partial charge in [-0.1, -0.05) is 62.1 Å². The second-order valence-electron chi connectivity index (χ2n) is 14.0. The van der Waals surface area contributed by atoms with Crippen LogP contribution in [0.5, 0.6) is 11.5 Å². The van der Waals surface area contributed by atoms with Crippen LogP contribution in [0.1, 0.15) is 114 Å². The maximum Gasteiger partial charge on any atom is 0.302 e. The van der Waals surface area contributed by atoms with E-state index >= 15 is 0 Å². The normalized spacial score (nSPS) is 17.6. The van der Waals surface area contributed by atoms with Gasteiger partial charge in [0, 0.05) is 45.0 Å². The first kappa shape index (κ1) is 38.0. The average Bonchev–Trinajstić information content (AvgIpc) is 3.70. The molecule has 3 atom stereocenters. The molecule has 0 bridgehead atoms. The van der Waals surface area contributed by atoms with Crippen molar-refractivity contribution >= 4 is 17.8 Å². The van der Waals surface area contributed by atoms with E-state index < -0.39 is 12.2 Å². The summed E-state index contributed by atoms with van der Waals surface area (Å²) in [6.07, 6.45) is 13.0. The van der Waals surface area contributed by atoms with Crippen LogP contribution in [-0.2, 0) is 33.7 Å². The lowest BCUT2D eigenvalue weighted by atomic mass is 9.97. The van der Waals surface area contributed by atoms with Crippen molar-refractivity contribution in [1.82, 2.24) is 4.90 Å². The Morgan fingerprint density at radius 3 is 2.47 bits per heavy atom. The number of rotatable bonds is 21. The van der Waals surface area contributed by atoms with Crippen molar-refractivity contribution in [2.24, 2.45) is 22.4 Å². The predicted molar refractivity (Wildman–Crippen MR) is 192 cm³/mol. The Kier molecular flexibility index (Phi) is 15.5. The Balaban J connectivity index is 1.31. The summed E-state index contributed by atoms with van der Waals surface area (Å²) in [7, 11) is 0. The Morgan fingerprint density at radius 1 is 1.00 bits per heavy atom. The molecule has 2 aromatic carbocycles. The van der Waals surface area contributed by atoms with Gasteiger partial charge in [0.1, 0.15) is 6.10 Å². The Bertz CT molecular complexity index is 1340. The summed E-state index contributed by atoms with van der Waals surface area (Å²) >= 11 is 0. The summed E-state index contributed by atoms with van der Waals surface area (Å²) in [5.41, 5.74) is 13.9. The fourth-order valence-electron chi connectivity index (χ4n) is 7.14. The van der Waals surface area contributed by atoms with Crippen LogP contribution < -0.4 is 16.2 Å². The van der Waals surface area contributed by atoms with Crippen LogP contribution in [-0.4, -0.2) is 64.4 Å². The van der Waals surface area contributed by atoms with Gasteiger partial charge in [0.2, 0.25) is 5.91 Å². The number of nitrogens with two attached hydrogens (primary N) is 2. The number of aromatic hydroxyl groups is 1. The van der Waals surface area contributed by atoms with Gasteiger partial charge in [-0.15, -0.1) is 0 Å². The first-order valence-electron chi connectivity index (χ1n) is 18.4. The molecule has 1 aliphatic carbocycles. The number of likely N-dealkylation sites (tertiary alicyclic amines) is 1. The molecule has 1 saturated heterocycles. The van der Waals surface area contributed by atoms with E-state index in [9.17, 15) is 19.8 Å². The summed E-state index contributed by atoms with van der Waals surface area (Å²) in [5, 5.41) is 22.1. The lowest BCUT2D eigenvalue weighted by Crippen LogP contribution is -2.25. The van der Waals surface area contributed by atoms with Crippen LogP contribution in [0.3, 0.4) is 0 Å². The Hall–Kier alpha value is -3.79. The number of phenols is 1. The fourth-order valence-corrected chi connectivity index (χ4v) is 7.14. The number of phenolic OH excluding ortho intramolecular Hbond substituents is 1. The number of unbranched alkanes of at least 4 members (excludes halogenated alkanes) is 4. The van der Waals surface area contributed by atoms with Gasteiger partial charge in [-0.3, -0.25) is 14.6 Å². The van der Waals surface area contributed by atoms with Crippen LogP contribution in [0.15, 0.2) is 47.5 Å². The molecule has 0 unspecified atom stereocenters. The lowest BCUT2D eigenvalue weighted by molar-refractivity contribution is -0.148. The number of nitrogens with zero attached hydrogens (tertiary/aromatic N) is 2. The highest BCUT2D eigenvalue weighted by molar-refractivity contribution is 5.79. The number of carbonyl (C=O) groups is 2. The van der Waals surface area contributed by atoms with E-state index in [1.807, 2.05) is 18.2 Å². The molecule has 2 fully saturated rings. The molecule has 1 heterocycles. The average molecular weight is 679 g/mol. The smallest absolute Gasteiger partial charge is 0.302 e. The number of hydrogen-bond donors (Lipinski definition) is 4. The molecule has 270 valence electrons. The maximum absolute atomic E-state index is 12.9. The van der Waals surface area contributed by atoms with Crippen molar-refractivity contribution < 1.29 is 29.3 Å². The molecule has 1 amide bonds. The first-order chi connectivity index (χ1) is 23.7. The van der Waals surface area contributed by atoms with E-state index in [2.05, 4.69) is 29.3 Å². The lowest BCUT2D eigenvalue weighted by Gasteiger charge is -2.23. The van der Waals surface area contributed by atoms with Gasteiger partial charge in [0.05, 0.1) is 12.2 Å². The second-order valence-corrected chi connectivity index (χ2v) is 14.0. The zero-order chi connectivity index (χ0) is 35.0. The number of ether oxygens (including phenoxy) is 2. The molecule has 1 saturated carbocycles. The van der Waals surface area contributed by atoms with Gasteiger partial charge in [-0.25, -0.2) is 0 Å². The number of carbonyl (C=O) groups excluding carboxylic acids is 2. The van der Waals surface area contributed by atoms with Gasteiger partial charge in [0.25, 0.3) is 0 Å². The summed E-state index contributed by atoms with van der Waals surface area (Å²) in [6, 6.07) is 14.4. The molecule has 1 aliphatic heterocycles. The molecule has 49 heavy (non-hydrogen) atoms. The molecule has 10 heteroatoms. The topological polar surface area (TPSA) is 161 Å². The van der Waals surface area contributed by atoms with E-state index in [4.69, 9.17) is 20.9 Å². The van der Waals surface area contributed by atoms with Crippen LogP contribution >= 0.6 is 0 Å². The van der Waals surface area contributed by atoms with Crippen molar-refractivity contribution in [3.63, 3.8) is 0 Å². The minimum Gasteiger partial charge on any atom is -0.504 e. The SMILES string of the molecule is CC(=O)O[C@H](CCc1cc(CN2C[C@H](CCN=C(N)N)CC2=O)c(O)c(OC2CCCC2)c1)C[C@@H](O)CCCCCCCc1ccccc1. The molecule has 0 aromatic heterocycles. The van der Waals surface area contributed by atoms with Gasteiger partial charge in [-0.2, -0.15) is 0 Å². The highest BCUT2D eigenvalue weighted by Gasteiger charge is 2.30. The number of guanidine groups is 1. The van der Waals surface area contributed by atoms with Crippen molar-refractivity contribution in [1.29, 1.82) is 0 Å². The third kappa shape index (κ3) is 13.6. The predicted octanol–water partition coefficient (Wildman–Crippen LogP) is 5.92. The van der Waals surface area contributed by atoms with E-state index in [1.165, 1.54) is 25.3 Å². The van der Waals surface area contributed by atoms with Crippen molar-refractivity contribution in [2.75, 3.05) is 13.1 Å². The molecule has 10 nitrogen and oxygen atoms in total. The summed E-state index contributed by atoms with van der Waals surface area (Å²) < 4.78 is 12.0. The van der Waals surface area contributed by atoms with Crippen molar-refractivity contribution in [2.45, 2.75) is 135 Å². The monoisotopic (exact) mass is 678 g/mol. The van der Waals surface area contributed by atoms with Crippen LogP contribution in [0.2, 0.25) is 0 Å². The summed E-state index contributed by atoms with van der Waals surface area (Å²) in [5.74, 6) is 0.361. The minimum atomic E-state index is -0.550. The molecule has 2 aromatic rings. The van der Waals surface area contributed by atoms with Gasteiger partial charge in [-0.05, 0) is 87.3 Å². The highest BCUT2D eigenvalue weighted by atomic mass is 16.5. The number of amides is 1. The zero-order valence-corrected chi connectivity index (χ0v) is 29.4. The molecule has 6 N–H and O–H groups in total. The van der Waals surface area contributed by atoms with E-state index in [-0.39, 0.29) is 42.2 Å². The molecular formula is C39H58N4O6. The molecule has 2 aliphatic rings. The third-order valence-corrected chi connectivity index (χ3v) is 9.77. The number of benzene rings is 2. The summed E-state index contributed by atoms with van der Waals surface area (Å²) in [6.45, 7) is 2.72. The molecule has 4 rings (SSSR count). The maximum atomic E-state index is 12.9. The summed E-state index contributed by atoms with van der Waals surface area (Å²) in [4.78, 5) is 30.7. The standard InChI is InChI=1S/C39H58N4O6/c1-28(44)48-35(25-33(45)15-9-4-2-3-6-12-29-13-7-5-8-14-29)19-18-30-22-32(38(47)36(23-30)49-34-16-10-11-17-34)27-43-26-31(24-37(43)46)20-21-42-39(40)41/h5,7-8,13-14,22-23,31,33-35,45,47H,2-4,6,9-12,15-21,24-27H2,1H3,(H4,40,41,42)/t31-,33+,35-/m1/s1. The van der Waals surface area contributed by atoms with E-state index in [1.54, 1.807) is 4.90 Å². The van der Waals surface area contributed by atoms with Crippen LogP contribution in [0.4, 0.5) is 0 Å². The number of aliphatic imine (C=N–C) groups is 1. The second kappa shape index (κ2) is 20.0. The van der Waals surface area contributed by atoms with E-state index in [0.717, 1.165) is 56.9 Å².